The van der Waals surface area contributed by atoms with Crippen molar-refractivity contribution in [2.75, 3.05) is 6.54 Å². The second-order valence-corrected chi connectivity index (χ2v) is 6.63. The highest BCUT2D eigenvalue weighted by molar-refractivity contribution is 7.15. The van der Waals surface area contributed by atoms with Crippen molar-refractivity contribution in [3.63, 3.8) is 0 Å². The fourth-order valence-corrected chi connectivity index (χ4v) is 3.63. The topological polar surface area (TPSA) is 46.9 Å². The highest BCUT2D eigenvalue weighted by atomic mass is 32.1. The Hall–Kier alpha value is -1.92. The van der Waals surface area contributed by atoms with E-state index in [0.717, 1.165) is 17.5 Å². The molecule has 4 nitrogen and oxygen atoms in total. The third-order valence-electron chi connectivity index (χ3n) is 3.09. The minimum Gasteiger partial charge on any atom is -0.352 e. The summed E-state index contributed by atoms with van der Waals surface area (Å²) in [5, 5.41) is 10.9. The molecule has 0 spiro atoms. The Labute approximate surface area is 131 Å². The molecule has 108 valence electrons. The molecule has 3 heterocycles. The van der Waals surface area contributed by atoms with Crippen molar-refractivity contribution in [1.29, 1.82) is 0 Å². The predicted molar refractivity (Wildman–Crippen MR) is 86.9 cm³/mol. The van der Waals surface area contributed by atoms with Crippen LogP contribution in [0.25, 0.3) is 10.4 Å². The van der Waals surface area contributed by atoms with Gasteiger partial charge in [-0.15, -0.1) is 11.3 Å². The van der Waals surface area contributed by atoms with Crippen molar-refractivity contribution in [2.24, 2.45) is 7.05 Å². The first-order valence-corrected chi connectivity index (χ1v) is 8.36. The van der Waals surface area contributed by atoms with Gasteiger partial charge in [-0.1, -0.05) is 0 Å². The van der Waals surface area contributed by atoms with Gasteiger partial charge >= 0.3 is 0 Å². The van der Waals surface area contributed by atoms with E-state index < -0.39 is 0 Å². The zero-order chi connectivity index (χ0) is 14.7. The first kappa shape index (κ1) is 14.0. The molecule has 0 radical (unpaired) electrons. The van der Waals surface area contributed by atoms with Crippen molar-refractivity contribution in [3.8, 4) is 10.4 Å². The number of carbonyl (C=O) groups is 1. The van der Waals surface area contributed by atoms with Crippen LogP contribution in [-0.2, 0) is 13.5 Å². The molecular weight excluding hydrogens is 302 g/mol. The van der Waals surface area contributed by atoms with E-state index in [4.69, 9.17) is 0 Å². The summed E-state index contributed by atoms with van der Waals surface area (Å²) in [5.41, 5.74) is 1.87. The predicted octanol–water partition coefficient (Wildman–Crippen LogP) is 3.18. The number of aromatic nitrogens is 2. The standard InChI is InChI=1S/C15H15N3OS2/c1-18-9-12(8-17-18)14-3-2-13(21-14)4-6-16-15(19)11-5-7-20-10-11/h2-3,5,7-10H,4,6H2,1H3,(H,16,19). The molecule has 0 aliphatic carbocycles. The van der Waals surface area contributed by atoms with Crippen LogP contribution in [0, 0.1) is 0 Å². The Bertz CT molecular complexity index is 728. The summed E-state index contributed by atoms with van der Waals surface area (Å²) in [6.45, 7) is 0.654. The summed E-state index contributed by atoms with van der Waals surface area (Å²) in [6, 6.07) is 6.06. The molecule has 3 rings (SSSR count). The van der Waals surface area contributed by atoms with Gasteiger partial charge in [0.2, 0.25) is 0 Å². The maximum absolute atomic E-state index is 11.8. The second kappa shape index (κ2) is 6.24. The molecule has 3 aromatic rings. The van der Waals surface area contributed by atoms with Crippen LogP contribution in [0.3, 0.4) is 0 Å². The van der Waals surface area contributed by atoms with Gasteiger partial charge in [0.05, 0.1) is 6.20 Å². The van der Waals surface area contributed by atoms with Gasteiger partial charge < -0.3 is 5.32 Å². The number of hydrogen-bond acceptors (Lipinski definition) is 4. The monoisotopic (exact) mass is 317 g/mol. The number of rotatable bonds is 5. The fraction of sp³-hybridized carbons (Fsp3) is 0.200. The molecule has 1 N–H and O–H groups in total. The van der Waals surface area contributed by atoms with Gasteiger partial charge in [-0.25, -0.2) is 0 Å². The summed E-state index contributed by atoms with van der Waals surface area (Å²) >= 11 is 3.28. The van der Waals surface area contributed by atoms with Gasteiger partial charge in [0.25, 0.3) is 5.91 Å². The minimum atomic E-state index is 0.000268. The van der Waals surface area contributed by atoms with Gasteiger partial charge in [0.15, 0.2) is 0 Å². The summed E-state index contributed by atoms with van der Waals surface area (Å²) in [6.07, 6.45) is 4.72. The smallest absolute Gasteiger partial charge is 0.252 e. The lowest BCUT2D eigenvalue weighted by Gasteiger charge is -2.01. The van der Waals surface area contributed by atoms with Gasteiger partial charge in [0, 0.05) is 46.1 Å². The second-order valence-electron chi connectivity index (χ2n) is 4.69. The van der Waals surface area contributed by atoms with E-state index >= 15 is 0 Å². The van der Waals surface area contributed by atoms with E-state index in [1.54, 1.807) is 16.0 Å². The molecule has 0 saturated carbocycles. The quantitative estimate of drug-likeness (QED) is 0.785. The minimum absolute atomic E-state index is 0.000268. The van der Waals surface area contributed by atoms with Crippen molar-refractivity contribution >= 4 is 28.6 Å². The zero-order valence-corrected chi connectivity index (χ0v) is 13.2. The molecule has 0 aliphatic rings. The average Bonchev–Trinajstić information content (AvgIpc) is 3.19. The molecule has 0 saturated heterocycles. The third kappa shape index (κ3) is 3.40. The van der Waals surface area contributed by atoms with E-state index in [9.17, 15) is 4.79 Å². The van der Waals surface area contributed by atoms with Crippen LogP contribution in [0.4, 0.5) is 0 Å². The molecular formula is C15H15N3OS2. The molecule has 0 bridgehead atoms. The summed E-state index contributed by atoms with van der Waals surface area (Å²) in [4.78, 5) is 14.3. The first-order chi connectivity index (χ1) is 10.2. The van der Waals surface area contributed by atoms with Gasteiger partial charge in [-0.2, -0.15) is 16.4 Å². The molecule has 6 heteroatoms. The van der Waals surface area contributed by atoms with E-state index in [0.29, 0.717) is 6.54 Å². The number of amides is 1. The highest BCUT2D eigenvalue weighted by Gasteiger charge is 2.07. The Morgan fingerprint density at radius 2 is 2.29 bits per heavy atom. The summed E-state index contributed by atoms with van der Waals surface area (Å²) in [5.74, 6) is 0.000268. The van der Waals surface area contributed by atoms with Crippen molar-refractivity contribution < 1.29 is 4.79 Å². The van der Waals surface area contributed by atoms with Crippen LogP contribution < -0.4 is 5.32 Å². The third-order valence-corrected chi connectivity index (χ3v) is 4.97. The molecule has 3 aromatic heterocycles. The maximum atomic E-state index is 11.8. The van der Waals surface area contributed by atoms with Crippen LogP contribution >= 0.6 is 22.7 Å². The molecule has 21 heavy (non-hydrogen) atoms. The SMILES string of the molecule is Cn1cc(-c2ccc(CCNC(=O)c3ccsc3)s2)cn1. The van der Waals surface area contributed by atoms with Crippen molar-refractivity contribution in [1.82, 2.24) is 15.1 Å². The normalized spacial score (nSPS) is 10.7. The maximum Gasteiger partial charge on any atom is 0.252 e. The Morgan fingerprint density at radius 3 is 3.00 bits per heavy atom. The Balaban J connectivity index is 1.54. The van der Waals surface area contributed by atoms with Gasteiger partial charge in [-0.05, 0) is 30.0 Å². The van der Waals surface area contributed by atoms with Gasteiger partial charge in [0.1, 0.15) is 0 Å². The number of aryl methyl sites for hydroxylation is 1. The van der Waals surface area contributed by atoms with Crippen LogP contribution in [-0.4, -0.2) is 22.2 Å². The lowest BCUT2D eigenvalue weighted by molar-refractivity contribution is 0.0954. The first-order valence-electron chi connectivity index (χ1n) is 6.60. The van der Waals surface area contributed by atoms with Crippen LogP contribution in [0.2, 0.25) is 0 Å². The molecule has 1 amide bonds. The number of thiophene rings is 2. The number of nitrogens with one attached hydrogen (secondary N) is 1. The van der Waals surface area contributed by atoms with E-state index in [2.05, 4.69) is 22.5 Å². The van der Waals surface area contributed by atoms with Crippen molar-refractivity contribution in [3.05, 3.63) is 51.8 Å². The lowest BCUT2D eigenvalue weighted by Crippen LogP contribution is -2.24. The molecule has 0 atom stereocenters. The van der Waals surface area contributed by atoms with E-state index in [-0.39, 0.29) is 5.91 Å². The van der Waals surface area contributed by atoms with Crippen LogP contribution in [0.15, 0.2) is 41.4 Å². The number of nitrogens with zero attached hydrogens (tertiary/aromatic N) is 2. The summed E-state index contributed by atoms with van der Waals surface area (Å²) in [7, 11) is 1.91. The molecule has 0 aliphatic heterocycles. The number of hydrogen-bond donors (Lipinski definition) is 1. The number of carbonyl (C=O) groups excluding carboxylic acids is 1. The van der Waals surface area contributed by atoms with Crippen molar-refractivity contribution in [2.45, 2.75) is 6.42 Å². The average molecular weight is 317 g/mol. The Kier molecular flexibility index (Phi) is 4.17. The largest absolute Gasteiger partial charge is 0.352 e. The Morgan fingerprint density at radius 1 is 1.38 bits per heavy atom. The lowest BCUT2D eigenvalue weighted by atomic mass is 10.3. The van der Waals surface area contributed by atoms with Crippen LogP contribution in [0.1, 0.15) is 15.2 Å². The molecule has 0 aromatic carbocycles. The van der Waals surface area contributed by atoms with Crippen LogP contribution in [0.5, 0.6) is 0 Å². The zero-order valence-electron chi connectivity index (χ0n) is 11.6. The van der Waals surface area contributed by atoms with E-state index in [1.807, 2.05) is 36.3 Å². The highest BCUT2D eigenvalue weighted by Crippen LogP contribution is 2.27. The molecule has 0 unspecified atom stereocenters. The van der Waals surface area contributed by atoms with E-state index in [1.165, 1.54) is 21.1 Å². The molecule has 0 fully saturated rings. The summed E-state index contributed by atoms with van der Waals surface area (Å²) < 4.78 is 1.80. The van der Waals surface area contributed by atoms with Gasteiger partial charge in [-0.3, -0.25) is 9.48 Å². The fourth-order valence-electron chi connectivity index (χ4n) is 2.01.